The largest absolute Gasteiger partial charge is 0.379 e. The molecule has 0 unspecified atom stereocenters. The van der Waals surface area contributed by atoms with Crippen LogP contribution in [0.2, 0.25) is 0 Å². The number of rotatable bonds is 6. The standard InChI is InChI=1S/C18H24N4O/c1-3-4-17-20-13(2)9-18(22-17)21-16-12-23-11-15(16)10-14-5-7-19-8-6-14/h5-9,15-16H,3-4,10-12H2,1-2H3,(H,20,21,22)/t15-,16-/m1/s1. The first-order valence-electron chi connectivity index (χ1n) is 8.32. The molecule has 2 atom stereocenters. The van der Waals surface area contributed by atoms with Crippen LogP contribution in [0.4, 0.5) is 5.82 Å². The number of hydrogen-bond donors (Lipinski definition) is 1. The molecule has 0 radical (unpaired) electrons. The minimum Gasteiger partial charge on any atom is -0.379 e. The van der Waals surface area contributed by atoms with Gasteiger partial charge >= 0.3 is 0 Å². The SMILES string of the molecule is CCCc1nc(C)cc(N[C@@H]2COC[C@H]2Cc2ccncc2)n1. The van der Waals surface area contributed by atoms with E-state index in [1.807, 2.05) is 25.4 Å². The van der Waals surface area contributed by atoms with Crippen molar-refractivity contribution in [1.29, 1.82) is 0 Å². The van der Waals surface area contributed by atoms with Crippen molar-refractivity contribution in [2.45, 2.75) is 39.2 Å². The number of pyridine rings is 1. The van der Waals surface area contributed by atoms with Crippen molar-refractivity contribution in [3.63, 3.8) is 0 Å². The Bertz CT molecular complexity index is 632. The molecule has 0 bridgehead atoms. The predicted molar refractivity (Wildman–Crippen MR) is 90.4 cm³/mol. The minimum atomic E-state index is 0.284. The monoisotopic (exact) mass is 312 g/mol. The summed E-state index contributed by atoms with van der Waals surface area (Å²) >= 11 is 0. The van der Waals surface area contributed by atoms with Gasteiger partial charge in [-0.15, -0.1) is 0 Å². The first-order valence-corrected chi connectivity index (χ1v) is 8.32. The van der Waals surface area contributed by atoms with Gasteiger partial charge in [-0.05, 0) is 37.5 Å². The Labute approximate surface area is 137 Å². The van der Waals surface area contributed by atoms with Crippen LogP contribution in [-0.2, 0) is 17.6 Å². The number of aryl methyl sites for hydroxylation is 2. The number of ether oxygens (including phenoxy) is 1. The molecule has 2 aromatic heterocycles. The molecule has 0 amide bonds. The lowest BCUT2D eigenvalue weighted by Crippen LogP contribution is -2.30. The Morgan fingerprint density at radius 2 is 2.04 bits per heavy atom. The second kappa shape index (κ2) is 7.51. The highest BCUT2D eigenvalue weighted by atomic mass is 16.5. The Hall–Kier alpha value is -2.01. The molecule has 23 heavy (non-hydrogen) atoms. The van der Waals surface area contributed by atoms with Crippen LogP contribution in [0, 0.1) is 12.8 Å². The van der Waals surface area contributed by atoms with Crippen molar-refractivity contribution in [2.24, 2.45) is 5.92 Å². The van der Waals surface area contributed by atoms with E-state index in [0.29, 0.717) is 5.92 Å². The molecule has 0 aromatic carbocycles. The molecule has 122 valence electrons. The van der Waals surface area contributed by atoms with E-state index in [1.54, 1.807) is 0 Å². The van der Waals surface area contributed by atoms with Crippen molar-refractivity contribution < 1.29 is 4.74 Å². The third-order valence-corrected chi connectivity index (χ3v) is 4.15. The molecule has 1 aliphatic rings. The molecular formula is C18H24N4O. The van der Waals surface area contributed by atoms with E-state index in [0.717, 1.165) is 49.8 Å². The maximum absolute atomic E-state index is 5.70. The normalized spacial score (nSPS) is 20.6. The number of aromatic nitrogens is 3. The summed E-state index contributed by atoms with van der Waals surface area (Å²) in [5.41, 5.74) is 2.31. The van der Waals surface area contributed by atoms with Gasteiger partial charge in [-0.1, -0.05) is 6.92 Å². The summed E-state index contributed by atoms with van der Waals surface area (Å²) in [6.45, 7) is 5.67. The van der Waals surface area contributed by atoms with Gasteiger partial charge in [0.15, 0.2) is 0 Å². The molecule has 3 heterocycles. The van der Waals surface area contributed by atoms with Crippen molar-refractivity contribution in [2.75, 3.05) is 18.5 Å². The van der Waals surface area contributed by atoms with Gasteiger partial charge in [0.2, 0.25) is 0 Å². The first-order chi connectivity index (χ1) is 11.2. The topological polar surface area (TPSA) is 59.9 Å². The number of hydrogen-bond acceptors (Lipinski definition) is 5. The van der Waals surface area contributed by atoms with Crippen LogP contribution in [-0.4, -0.2) is 34.2 Å². The Balaban J connectivity index is 1.69. The summed E-state index contributed by atoms with van der Waals surface area (Å²) in [6, 6.07) is 6.45. The van der Waals surface area contributed by atoms with Crippen LogP contribution < -0.4 is 5.32 Å². The first kappa shape index (κ1) is 15.9. The summed E-state index contributed by atoms with van der Waals surface area (Å²) in [4.78, 5) is 13.2. The average Bonchev–Trinajstić information content (AvgIpc) is 2.95. The fourth-order valence-corrected chi connectivity index (χ4v) is 3.01. The van der Waals surface area contributed by atoms with Crippen molar-refractivity contribution >= 4 is 5.82 Å². The lowest BCUT2D eigenvalue weighted by molar-refractivity contribution is 0.185. The van der Waals surface area contributed by atoms with E-state index in [2.05, 4.69) is 39.3 Å². The third-order valence-electron chi connectivity index (χ3n) is 4.15. The molecule has 0 saturated carbocycles. The van der Waals surface area contributed by atoms with E-state index in [4.69, 9.17) is 4.74 Å². The fraction of sp³-hybridized carbons (Fsp3) is 0.500. The summed E-state index contributed by atoms with van der Waals surface area (Å²) in [5, 5.41) is 3.56. The molecular weight excluding hydrogens is 288 g/mol. The maximum atomic E-state index is 5.70. The van der Waals surface area contributed by atoms with Gasteiger partial charge in [-0.25, -0.2) is 9.97 Å². The van der Waals surface area contributed by atoms with Gasteiger partial charge in [-0.2, -0.15) is 0 Å². The quantitative estimate of drug-likeness (QED) is 0.889. The van der Waals surface area contributed by atoms with Crippen LogP contribution in [0.1, 0.15) is 30.4 Å². The van der Waals surface area contributed by atoms with Crippen molar-refractivity contribution in [3.8, 4) is 0 Å². The molecule has 0 aliphatic carbocycles. The van der Waals surface area contributed by atoms with Crippen LogP contribution in [0.25, 0.3) is 0 Å². The van der Waals surface area contributed by atoms with Crippen molar-refractivity contribution in [3.05, 3.63) is 47.7 Å². The second-order valence-corrected chi connectivity index (χ2v) is 6.17. The van der Waals surface area contributed by atoms with Crippen LogP contribution in [0.5, 0.6) is 0 Å². The zero-order valence-electron chi connectivity index (χ0n) is 13.8. The average molecular weight is 312 g/mol. The molecule has 5 heteroatoms. The molecule has 5 nitrogen and oxygen atoms in total. The zero-order chi connectivity index (χ0) is 16.1. The number of anilines is 1. The van der Waals surface area contributed by atoms with Gasteiger partial charge in [0, 0.05) is 36.5 Å². The number of nitrogens with zero attached hydrogens (tertiary/aromatic N) is 3. The van der Waals surface area contributed by atoms with Crippen LogP contribution >= 0.6 is 0 Å². The summed E-state index contributed by atoms with van der Waals surface area (Å²) in [5.74, 6) is 2.28. The highest BCUT2D eigenvalue weighted by Crippen LogP contribution is 2.22. The molecule has 1 saturated heterocycles. The van der Waals surface area contributed by atoms with Crippen LogP contribution in [0.15, 0.2) is 30.6 Å². The molecule has 0 spiro atoms. The van der Waals surface area contributed by atoms with Gasteiger partial charge in [0.1, 0.15) is 11.6 Å². The van der Waals surface area contributed by atoms with E-state index in [9.17, 15) is 0 Å². The highest BCUT2D eigenvalue weighted by Gasteiger charge is 2.28. The Kier molecular flexibility index (Phi) is 5.18. The van der Waals surface area contributed by atoms with E-state index < -0.39 is 0 Å². The summed E-state index contributed by atoms with van der Waals surface area (Å²) in [6.07, 6.45) is 6.65. The zero-order valence-corrected chi connectivity index (χ0v) is 13.8. The number of nitrogens with one attached hydrogen (secondary N) is 1. The van der Waals surface area contributed by atoms with Crippen molar-refractivity contribution in [1.82, 2.24) is 15.0 Å². The predicted octanol–water partition coefficient (Wildman–Crippen LogP) is 2.80. The van der Waals surface area contributed by atoms with Gasteiger partial charge < -0.3 is 10.1 Å². The smallest absolute Gasteiger partial charge is 0.130 e. The van der Waals surface area contributed by atoms with E-state index in [1.165, 1.54) is 5.56 Å². The lowest BCUT2D eigenvalue weighted by Gasteiger charge is -2.20. The Morgan fingerprint density at radius 1 is 1.22 bits per heavy atom. The Morgan fingerprint density at radius 3 is 2.83 bits per heavy atom. The molecule has 1 N–H and O–H groups in total. The van der Waals surface area contributed by atoms with Gasteiger partial charge in [-0.3, -0.25) is 4.98 Å². The molecule has 1 aliphatic heterocycles. The fourth-order valence-electron chi connectivity index (χ4n) is 3.01. The van der Waals surface area contributed by atoms with E-state index >= 15 is 0 Å². The lowest BCUT2D eigenvalue weighted by atomic mass is 9.95. The molecule has 2 aromatic rings. The summed E-state index contributed by atoms with van der Waals surface area (Å²) in [7, 11) is 0. The molecule has 1 fully saturated rings. The molecule has 3 rings (SSSR count). The van der Waals surface area contributed by atoms with E-state index in [-0.39, 0.29) is 6.04 Å². The third kappa shape index (κ3) is 4.26. The maximum Gasteiger partial charge on any atom is 0.130 e. The highest BCUT2D eigenvalue weighted by molar-refractivity contribution is 5.37. The van der Waals surface area contributed by atoms with Gasteiger partial charge in [0.25, 0.3) is 0 Å². The summed E-state index contributed by atoms with van der Waals surface area (Å²) < 4.78 is 5.70. The second-order valence-electron chi connectivity index (χ2n) is 6.17. The minimum absolute atomic E-state index is 0.284. The van der Waals surface area contributed by atoms with Crippen LogP contribution in [0.3, 0.4) is 0 Å². The van der Waals surface area contributed by atoms with Gasteiger partial charge in [0.05, 0.1) is 19.3 Å².